The van der Waals surface area contributed by atoms with Crippen LogP contribution in [0.5, 0.6) is 5.75 Å². The number of likely N-dealkylation sites (N-methyl/N-ethyl adjacent to an activating group) is 1. The van der Waals surface area contributed by atoms with E-state index < -0.39 is 0 Å². The van der Waals surface area contributed by atoms with Gasteiger partial charge in [0.15, 0.2) is 5.13 Å². The highest BCUT2D eigenvalue weighted by atomic mass is 32.1. The van der Waals surface area contributed by atoms with E-state index in [1.54, 1.807) is 11.3 Å². The van der Waals surface area contributed by atoms with Crippen molar-refractivity contribution in [2.75, 3.05) is 31.6 Å². The highest BCUT2D eigenvalue weighted by Crippen LogP contribution is 2.30. The molecule has 1 fully saturated rings. The zero-order valence-corrected chi connectivity index (χ0v) is 13.6. The maximum atomic E-state index is 5.55. The van der Waals surface area contributed by atoms with E-state index in [-0.39, 0.29) is 0 Å². The summed E-state index contributed by atoms with van der Waals surface area (Å²) in [6.45, 7) is 8.42. The second kappa shape index (κ2) is 6.62. The Morgan fingerprint density at radius 1 is 1.43 bits per heavy atom. The molecule has 1 atom stereocenters. The molecule has 4 nitrogen and oxygen atoms in total. The number of nitrogens with one attached hydrogen (secondary N) is 1. The van der Waals surface area contributed by atoms with Gasteiger partial charge in [0.2, 0.25) is 0 Å². The Hall–Kier alpha value is -1.33. The average molecular weight is 305 g/mol. The number of likely N-dealkylation sites (tertiary alicyclic amines) is 1. The standard InChI is InChI=1S/C16H23N3OS/c1-3-19-9-5-6-12(11-19)17-16-18-14-8-7-13(20-4-2)10-15(14)21-16/h7-8,10,12H,3-6,9,11H2,1-2H3,(H,17,18). The van der Waals surface area contributed by atoms with Crippen LogP contribution in [0.25, 0.3) is 10.2 Å². The number of rotatable bonds is 5. The Morgan fingerprint density at radius 2 is 2.33 bits per heavy atom. The van der Waals surface area contributed by atoms with E-state index in [0.717, 1.165) is 29.5 Å². The van der Waals surface area contributed by atoms with Crippen molar-refractivity contribution in [3.63, 3.8) is 0 Å². The molecule has 1 aromatic heterocycles. The van der Waals surface area contributed by atoms with Gasteiger partial charge in [0, 0.05) is 12.6 Å². The van der Waals surface area contributed by atoms with Crippen LogP contribution >= 0.6 is 11.3 Å². The Kier molecular flexibility index (Phi) is 4.60. The predicted molar refractivity (Wildman–Crippen MR) is 89.5 cm³/mol. The van der Waals surface area contributed by atoms with E-state index in [1.807, 2.05) is 19.1 Å². The Balaban J connectivity index is 1.72. The van der Waals surface area contributed by atoms with Gasteiger partial charge in [-0.2, -0.15) is 0 Å². The van der Waals surface area contributed by atoms with E-state index in [1.165, 1.54) is 24.1 Å². The highest BCUT2D eigenvalue weighted by molar-refractivity contribution is 7.22. The first kappa shape index (κ1) is 14.6. The van der Waals surface area contributed by atoms with Crippen LogP contribution in [0.4, 0.5) is 5.13 Å². The summed E-state index contributed by atoms with van der Waals surface area (Å²) in [5, 5.41) is 4.64. The zero-order chi connectivity index (χ0) is 14.7. The number of hydrogen-bond donors (Lipinski definition) is 1. The number of nitrogens with zero attached hydrogens (tertiary/aromatic N) is 2. The average Bonchev–Trinajstić information content (AvgIpc) is 2.89. The molecule has 1 aliphatic rings. The molecule has 3 rings (SSSR count). The molecule has 1 N–H and O–H groups in total. The molecule has 0 amide bonds. The van der Waals surface area contributed by atoms with Gasteiger partial charge in [0.1, 0.15) is 5.75 Å². The number of benzene rings is 1. The highest BCUT2D eigenvalue weighted by Gasteiger charge is 2.19. The first-order valence-electron chi connectivity index (χ1n) is 7.80. The lowest BCUT2D eigenvalue weighted by atomic mass is 10.1. The monoisotopic (exact) mass is 305 g/mol. The van der Waals surface area contributed by atoms with Gasteiger partial charge in [-0.05, 0) is 51.1 Å². The van der Waals surface area contributed by atoms with Gasteiger partial charge in [-0.1, -0.05) is 18.3 Å². The van der Waals surface area contributed by atoms with Gasteiger partial charge in [0.25, 0.3) is 0 Å². The fourth-order valence-corrected chi connectivity index (χ4v) is 3.83. The van der Waals surface area contributed by atoms with Crippen molar-refractivity contribution in [2.45, 2.75) is 32.7 Å². The normalized spacial score (nSPS) is 19.8. The third-order valence-electron chi connectivity index (χ3n) is 3.95. The summed E-state index contributed by atoms with van der Waals surface area (Å²) < 4.78 is 6.74. The van der Waals surface area contributed by atoms with Crippen LogP contribution in [-0.4, -0.2) is 42.2 Å². The lowest BCUT2D eigenvalue weighted by molar-refractivity contribution is 0.227. The molecular weight excluding hydrogens is 282 g/mol. The van der Waals surface area contributed by atoms with Gasteiger partial charge >= 0.3 is 0 Å². The molecule has 1 aromatic carbocycles. The third kappa shape index (κ3) is 3.47. The summed E-state index contributed by atoms with van der Waals surface area (Å²) in [4.78, 5) is 7.19. The number of fused-ring (bicyclic) bond motifs is 1. The summed E-state index contributed by atoms with van der Waals surface area (Å²) in [6, 6.07) is 6.64. The lowest BCUT2D eigenvalue weighted by Gasteiger charge is -2.32. The summed E-state index contributed by atoms with van der Waals surface area (Å²) in [7, 11) is 0. The fourth-order valence-electron chi connectivity index (χ4n) is 2.86. The second-order valence-electron chi connectivity index (χ2n) is 5.46. The molecule has 114 valence electrons. The SMILES string of the molecule is CCOc1ccc2nc(NC3CCCN(CC)C3)sc2c1. The molecular formula is C16H23N3OS. The summed E-state index contributed by atoms with van der Waals surface area (Å²) in [6.07, 6.45) is 2.50. The van der Waals surface area contributed by atoms with Crippen molar-refractivity contribution in [2.24, 2.45) is 0 Å². The maximum absolute atomic E-state index is 5.55. The van der Waals surface area contributed by atoms with Crippen LogP contribution in [0, 0.1) is 0 Å². The molecule has 0 bridgehead atoms. The molecule has 2 heterocycles. The first-order chi connectivity index (χ1) is 10.3. The number of aromatic nitrogens is 1. The van der Waals surface area contributed by atoms with E-state index in [9.17, 15) is 0 Å². The van der Waals surface area contributed by atoms with Crippen LogP contribution < -0.4 is 10.1 Å². The quantitative estimate of drug-likeness (QED) is 0.916. The Bertz CT molecular complexity index is 598. The molecule has 0 radical (unpaired) electrons. The maximum Gasteiger partial charge on any atom is 0.184 e. The third-order valence-corrected chi connectivity index (χ3v) is 4.90. The molecule has 1 saturated heterocycles. The summed E-state index contributed by atoms with van der Waals surface area (Å²) in [5.41, 5.74) is 1.05. The lowest BCUT2D eigenvalue weighted by Crippen LogP contribution is -2.41. The molecule has 1 aliphatic heterocycles. The number of ether oxygens (including phenoxy) is 1. The number of anilines is 1. The summed E-state index contributed by atoms with van der Waals surface area (Å²) >= 11 is 1.72. The van der Waals surface area contributed by atoms with Crippen LogP contribution in [0.15, 0.2) is 18.2 Å². The Morgan fingerprint density at radius 3 is 3.14 bits per heavy atom. The number of hydrogen-bond acceptors (Lipinski definition) is 5. The molecule has 1 unspecified atom stereocenters. The molecule has 21 heavy (non-hydrogen) atoms. The van der Waals surface area contributed by atoms with E-state index in [2.05, 4.69) is 23.2 Å². The van der Waals surface area contributed by atoms with E-state index in [0.29, 0.717) is 12.6 Å². The number of piperidine rings is 1. The minimum atomic E-state index is 0.519. The van der Waals surface area contributed by atoms with E-state index >= 15 is 0 Å². The van der Waals surface area contributed by atoms with Crippen LogP contribution in [-0.2, 0) is 0 Å². The first-order valence-corrected chi connectivity index (χ1v) is 8.62. The van der Waals surface area contributed by atoms with Crippen molar-refractivity contribution in [1.29, 1.82) is 0 Å². The second-order valence-corrected chi connectivity index (χ2v) is 6.49. The van der Waals surface area contributed by atoms with Gasteiger partial charge in [-0.25, -0.2) is 4.98 Å². The van der Waals surface area contributed by atoms with Crippen LogP contribution in [0.1, 0.15) is 26.7 Å². The van der Waals surface area contributed by atoms with Crippen LogP contribution in [0.3, 0.4) is 0 Å². The van der Waals surface area contributed by atoms with Crippen LogP contribution in [0.2, 0.25) is 0 Å². The molecule has 5 heteroatoms. The minimum Gasteiger partial charge on any atom is -0.494 e. The van der Waals surface area contributed by atoms with E-state index in [4.69, 9.17) is 9.72 Å². The molecule has 0 saturated carbocycles. The molecule has 0 spiro atoms. The van der Waals surface area contributed by atoms with Crippen molar-refractivity contribution in [3.05, 3.63) is 18.2 Å². The smallest absolute Gasteiger partial charge is 0.184 e. The fraction of sp³-hybridized carbons (Fsp3) is 0.562. The van der Waals surface area contributed by atoms with Crippen molar-refractivity contribution >= 4 is 26.7 Å². The minimum absolute atomic E-state index is 0.519. The van der Waals surface area contributed by atoms with Gasteiger partial charge < -0.3 is 15.0 Å². The van der Waals surface area contributed by atoms with Gasteiger partial charge in [-0.3, -0.25) is 0 Å². The zero-order valence-electron chi connectivity index (χ0n) is 12.8. The number of thiazole rings is 1. The predicted octanol–water partition coefficient (Wildman–Crippen LogP) is 3.59. The Labute approximate surface area is 130 Å². The molecule has 2 aromatic rings. The van der Waals surface area contributed by atoms with Gasteiger partial charge in [0.05, 0.1) is 16.8 Å². The van der Waals surface area contributed by atoms with Gasteiger partial charge in [-0.15, -0.1) is 0 Å². The molecule has 0 aliphatic carbocycles. The topological polar surface area (TPSA) is 37.4 Å². The largest absolute Gasteiger partial charge is 0.494 e. The van der Waals surface area contributed by atoms with Crippen molar-refractivity contribution < 1.29 is 4.74 Å². The van der Waals surface area contributed by atoms with Crippen molar-refractivity contribution in [3.8, 4) is 5.75 Å². The van der Waals surface area contributed by atoms with Crippen molar-refractivity contribution in [1.82, 2.24) is 9.88 Å². The summed E-state index contributed by atoms with van der Waals surface area (Å²) in [5.74, 6) is 0.926.